The molecular weight excluding hydrogens is 312 g/mol. The number of aromatic nitrogens is 3. The number of hydrogen-bond acceptors (Lipinski definition) is 6. The van der Waals surface area contributed by atoms with E-state index in [1.54, 1.807) is 6.20 Å². The Hall–Kier alpha value is -2.21. The molecule has 0 amide bonds. The Labute approximate surface area is 150 Å². The lowest BCUT2D eigenvalue weighted by molar-refractivity contribution is 0.520. The van der Waals surface area contributed by atoms with Crippen LogP contribution in [0.25, 0.3) is 0 Å². The summed E-state index contributed by atoms with van der Waals surface area (Å²) in [6.45, 7) is 11.4. The quantitative estimate of drug-likeness (QED) is 0.711. The van der Waals surface area contributed by atoms with Crippen LogP contribution in [0.3, 0.4) is 0 Å². The number of hydrogen-bond donors (Lipinski definition) is 3. The van der Waals surface area contributed by atoms with E-state index in [1.165, 1.54) is 0 Å². The summed E-state index contributed by atoms with van der Waals surface area (Å²) in [5.74, 6) is 2.08. The molecule has 2 rings (SSSR count). The highest BCUT2D eigenvalue weighted by Gasteiger charge is 2.15. The first kappa shape index (κ1) is 19.1. The van der Waals surface area contributed by atoms with Crippen LogP contribution in [0, 0.1) is 5.92 Å². The molecular formula is C19H30N6. The normalized spacial score (nSPS) is 12.9. The molecule has 6 heteroatoms. The fourth-order valence-electron chi connectivity index (χ4n) is 2.57. The Kier molecular flexibility index (Phi) is 6.31. The van der Waals surface area contributed by atoms with Gasteiger partial charge in [-0.15, -0.1) is 5.10 Å². The molecule has 4 N–H and O–H groups in total. The largest absolute Gasteiger partial charge is 0.365 e. The molecule has 136 valence electrons. The highest BCUT2D eigenvalue weighted by molar-refractivity contribution is 5.59. The molecule has 0 spiro atoms. The van der Waals surface area contributed by atoms with E-state index >= 15 is 0 Å². The standard InChI is InChI=1S/C19H30N6/c1-13(2)9-14(11-20)22-18-10-15(12-21-25-18)23-17-8-6-7-16(24-17)19(3,4)5/h6-8,10,12-14H,9,11,20H2,1-5H3,(H2,22,23,24,25)/t14-/m1/s1. The van der Waals surface area contributed by atoms with Crippen molar-refractivity contribution in [3.05, 3.63) is 36.2 Å². The lowest BCUT2D eigenvalue weighted by Gasteiger charge is -2.20. The maximum absolute atomic E-state index is 5.85. The zero-order chi connectivity index (χ0) is 18.4. The molecule has 0 aliphatic carbocycles. The van der Waals surface area contributed by atoms with E-state index in [4.69, 9.17) is 5.73 Å². The topological polar surface area (TPSA) is 88.8 Å². The van der Waals surface area contributed by atoms with Crippen LogP contribution in [0.1, 0.15) is 46.7 Å². The smallest absolute Gasteiger partial charge is 0.150 e. The number of nitrogens with zero attached hydrogens (tertiary/aromatic N) is 3. The van der Waals surface area contributed by atoms with E-state index in [2.05, 4.69) is 60.4 Å². The second-order valence-electron chi connectivity index (χ2n) is 7.82. The summed E-state index contributed by atoms with van der Waals surface area (Å²) < 4.78 is 0. The Morgan fingerprint density at radius 2 is 1.92 bits per heavy atom. The number of nitrogens with two attached hydrogens (primary N) is 1. The summed E-state index contributed by atoms with van der Waals surface area (Å²) in [5, 5.41) is 14.9. The molecule has 0 fully saturated rings. The average Bonchev–Trinajstić information content (AvgIpc) is 2.53. The number of rotatable bonds is 7. The van der Waals surface area contributed by atoms with Gasteiger partial charge in [-0.2, -0.15) is 5.10 Å². The third-order valence-electron chi connectivity index (χ3n) is 3.84. The molecule has 0 unspecified atom stereocenters. The van der Waals surface area contributed by atoms with E-state index < -0.39 is 0 Å². The van der Waals surface area contributed by atoms with Gasteiger partial charge in [0.2, 0.25) is 0 Å². The van der Waals surface area contributed by atoms with Crippen molar-refractivity contribution in [3.8, 4) is 0 Å². The molecule has 6 nitrogen and oxygen atoms in total. The maximum Gasteiger partial charge on any atom is 0.150 e. The lowest BCUT2D eigenvalue weighted by atomic mass is 9.92. The first-order valence-corrected chi connectivity index (χ1v) is 8.82. The van der Waals surface area contributed by atoms with Gasteiger partial charge in [0.25, 0.3) is 0 Å². The van der Waals surface area contributed by atoms with Crippen LogP contribution in [-0.2, 0) is 5.41 Å². The minimum atomic E-state index is 0.00604. The molecule has 25 heavy (non-hydrogen) atoms. The molecule has 1 atom stereocenters. The summed E-state index contributed by atoms with van der Waals surface area (Å²) in [6, 6.07) is 8.12. The van der Waals surface area contributed by atoms with Crippen molar-refractivity contribution in [2.45, 2.75) is 52.5 Å². The minimum absolute atomic E-state index is 0.00604. The van der Waals surface area contributed by atoms with Crippen LogP contribution >= 0.6 is 0 Å². The molecule has 2 aromatic rings. The van der Waals surface area contributed by atoms with E-state index in [0.717, 1.165) is 23.6 Å². The Morgan fingerprint density at radius 3 is 2.56 bits per heavy atom. The number of nitrogens with one attached hydrogen (secondary N) is 2. The molecule has 0 aliphatic heterocycles. The minimum Gasteiger partial charge on any atom is -0.365 e. The highest BCUT2D eigenvalue weighted by Crippen LogP contribution is 2.23. The van der Waals surface area contributed by atoms with Crippen molar-refractivity contribution in [1.82, 2.24) is 15.2 Å². The molecule has 0 bridgehead atoms. The van der Waals surface area contributed by atoms with Crippen molar-refractivity contribution in [2.24, 2.45) is 11.7 Å². The zero-order valence-corrected chi connectivity index (χ0v) is 15.9. The van der Waals surface area contributed by atoms with Crippen molar-refractivity contribution in [3.63, 3.8) is 0 Å². The van der Waals surface area contributed by atoms with E-state index in [0.29, 0.717) is 18.3 Å². The number of pyridine rings is 1. The van der Waals surface area contributed by atoms with Gasteiger partial charge in [-0.1, -0.05) is 40.7 Å². The van der Waals surface area contributed by atoms with E-state index in [9.17, 15) is 0 Å². The average molecular weight is 342 g/mol. The van der Waals surface area contributed by atoms with Crippen molar-refractivity contribution >= 4 is 17.3 Å². The van der Waals surface area contributed by atoms with Gasteiger partial charge >= 0.3 is 0 Å². The highest BCUT2D eigenvalue weighted by atomic mass is 15.2. The second-order valence-corrected chi connectivity index (χ2v) is 7.82. The van der Waals surface area contributed by atoms with Gasteiger partial charge < -0.3 is 16.4 Å². The molecule has 0 saturated carbocycles. The van der Waals surface area contributed by atoms with E-state index in [1.807, 2.05) is 24.3 Å². The summed E-state index contributed by atoms with van der Waals surface area (Å²) in [5.41, 5.74) is 7.74. The Balaban J connectivity index is 2.11. The summed E-state index contributed by atoms with van der Waals surface area (Å²) in [7, 11) is 0. The van der Waals surface area contributed by atoms with Crippen molar-refractivity contribution in [2.75, 3.05) is 17.2 Å². The summed E-state index contributed by atoms with van der Waals surface area (Å²) in [4.78, 5) is 4.69. The first-order chi connectivity index (χ1) is 11.8. The second kappa shape index (κ2) is 8.25. The maximum atomic E-state index is 5.85. The van der Waals surface area contributed by atoms with Crippen LogP contribution in [0.15, 0.2) is 30.5 Å². The van der Waals surface area contributed by atoms with Gasteiger partial charge in [-0.3, -0.25) is 0 Å². The predicted molar refractivity (Wildman–Crippen MR) is 104 cm³/mol. The van der Waals surface area contributed by atoms with Gasteiger partial charge in [0.1, 0.15) is 5.82 Å². The monoisotopic (exact) mass is 342 g/mol. The van der Waals surface area contributed by atoms with Crippen molar-refractivity contribution < 1.29 is 0 Å². The Bertz CT molecular complexity index is 678. The van der Waals surface area contributed by atoms with Crippen molar-refractivity contribution in [1.29, 1.82) is 0 Å². The first-order valence-electron chi connectivity index (χ1n) is 8.82. The number of anilines is 3. The fraction of sp³-hybridized carbons (Fsp3) is 0.526. The van der Waals surface area contributed by atoms with Crippen LogP contribution in [0.5, 0.6) is 0 Å². The SMILES string of the molecule is CC(C)C[C@H](CN)Nc1cc(Nc2cccc(C(C)(C)C)n2)cnn1. The molecule has 0 saturated heterocycles. The van der Waals surface area contributed by atoms with Gasteiger partial charge in [0.15, 0.2) is 5.82 Å². The van der Waals surface area contributed by atoms with Gasteiger partial charge in [-0.25, -0.2) is 4.98 Å². The van der Waals surface area contributed by atoms with Crippen LogP contribution < -0.4 is 16.4 Å². The van der Waals surface area contributed by atoms with Gasteiger partial charge in [-0.05, 0) is 24.5 Å². The molecule has 2 aromatic heterocycles. The Morgan fingerprint density at radius 1 is 1.16 bits per heavy atom. The van der Waals surface area contributed by atoms with Crippen LogP contribution in [0.2, 0.25) is 0 Å². The third-order valence-corrected chi connectivity index (χ3v) is 3.84. The molecule has 0 radical (unpaired) electrons. The molecule has 2 heterocycles. The fourth-order valence-corrected chi connectivity index (χ4v) is 2.57. The third kappa shape index (κ3) is 5.98. The van der Waals surface area contributed by atoms with Gasteiger partial charge in [0.05, 0.1) is 11.9 Å². The van der Waals surface area contributed by atoms with Crippen LogP contribution in [0.4, 0.5) is 17.3 Å². The lowest BCUT2D eigenvalue weighted by Crippen LogP contribution is -2.30. The van der Waals surface area contributed by atoms with Crippen LogP contribution in [-0.4, -0.2) is 27.8 Å². The van der Waals surface area contributed by atoms with Gasteiger partial charge in [0, 0.05) is 29.8 Å². The predicted octanol–water partition coefficient (Wildman–Crippen LogP) is 3.70. The van der Waals surface area contributed by atoms with E-state index in [-0.39, 0.29) is 11.5 Å². The summed E-state index contributed by atoms with van der Waals surface area (Å²) in [6.07, 6.45) is 2.68. The molecule has 0 aromatic carbocycles. The summed E-state index contributed by atoms with van der Waals surface area (Å²) >= 11 is 0. The zero-order valence-electron chi connectivity index (χ0n) is 15.9. The molecule has 0 aliphatic rings.